The van der Waals surface area contributed by atoms with Crippen molar-refractivity contribution in [3.05, 3.63) is 52.6 Å². The molecule has 2 rings (SSSR count). The lowest BCUT2D eigenvalue weighted by molar-refractivity contribution is 0.0697. The molecule has 2 aromatic rings. The van der Waals surface area contributed by atoms with Crippen molar-refractivity contribution in [3.63, 3.8) is 0 Å². The number of aryl methyl sites for hydroxylation is 1. The Kier molecular flexibility index (Phi) is 4.39. The van der Waals surface area contributed by atoms with E-state index in [2.05, 4.69) is 9.10 Å². The number of sulfonamides is 1. The Morgan fingerprint density at radius 1 is 1.33 bits per heavy atom. The smallest absolute Gasteiger partial charge is 0.340 e. The van der Waals surface area contributed by atoms with Gasteiger partial charge in [-0.1, -0.05) is 30.3 Å². The summed E-state index contributed by atoms with van der Waals surface area (Å²) in [6, 6.07) is 8.91. The van der Waals surface area contributed by atoms with Gasteiger partial charge in [-0.15, -0.1) is 0 Å². The van der Waals surface area contributed by atoms with Crippen LogP contribution >= 0.6 is 11.5 Å². The molecule has 0 atom stereocenters. The van der Waals surface area contributed by atoms with Crippen LogP contribution in [0.5, 0.6) is 0 Å². The van der Waals surface area contributed by atoms with Crippen LogP contribution in [0.4, 0.5) is 5.00 Å². The average Bonchev–Trinajstić information content (AvgIpc) is 2.78. The molecule has 0 radical (unpaired) electrons. The highest BCUT2D eigenvalue weighted by Gasteiger charge is 2.20. The third-order valence-electron chi connectivity index (χ3n) is 2.55. The largest absolute Gasteiger partial charge is 0.478 e. The Balaban J connectivity index is 2.23. The van der Waals surface area contributed by atoms with Gasteiger partial charge in [0.15, 0.2) is 0 Å². The van der Waals surface area contributed by atoms with Crippen LogP contribution in [0.2, 0.25) is 0 Å². The molecule has 2 N–H and O–H groups in total. The first-order chi connectivity index (χ1) is 9.89. The van der Waals surface area contributed by atoms with Crippen LogP contribution in [0.15, 0.2) is 35.7 Å². The van der Waals surface area contributed by atoms with Crippen LogP contribution in [0, 0.1) is 6.92 Å². The molecule has 0 aliphatic carbocycles. The van der Waals surface area contributed by atoms with Crippen LogP contribution in [0.3, 0.4) is 0 Å². The highest BCUT2D eigenvalue weighted by molar-refractivity contribution is 7.95. The van der Waals surface area contributed by atoms with Crippen molar-refractivity contribution >= 4 is 38.6 Å². The molecule has 21 heavy (non-hydrogen) atoms. The molecule has 0 saturated carbocycles. The van der Waals surface area contributed by atoms with Crippen LogP contribution < -0.4 is 4.72 Å². The van der Waals surface area contributed by atoms with Gasteiger partial charge in [-0.25, -0.2) is 13.2 Å². The summed E-state index contributed by atoms with van der Waals surface area (Å²) in [6.45, 7) is 1.51. The number of rotatable bonds is 5. The maximum atomic E-state index is 11.9. The van der Waals surface area contributed by atoms with E-state index in [0.29, 0.717) is 0 Å². The predicted molar refractivity (Wildman–Crippen MR) is 81.8 cm³/mol. The fourth-order valence-corrected chi connectivity index (χ4v) is 3.49. The van der Waals surface area contributed by atoms with Gasteiger partial charge in [0.2, 0.25) is 0 Å². The number of anilines is 1. The summed E-state index contributed by atoms with van der Waals surface area (Å²) >= 11 is 0.798. The van der Waals surface area contributed by atoms with Crippen molar-refractivity contribution in [2.75, 3.05) is 4.72 Å². The molecule has 110 valence electrons. The number of aromatic carboxylic acids is 1. The fraction of sp³-hybridized carbons (Fsp3) is 0.0769. The number of carboxylic acids is 1. The van der Waals surface area contributed by atoms with Gasteiger partial charge in [0.25, 0.3) is 10.0 Å². The molecule has 1 heterocycles. The minimum atomic E-state index is -3.80. The van der Waals surface area contributed by atoms with Crippen molar-refractivity contribution in [1.82, 2.24) is 4.37 Å². The van der Waals surface area contributed by atoms with Gasteiger partial charge in [0.1, 0.15) is 10.6 Å². The summed E-state index contributed by atoms with van der Waals surface area (Å²) in [5.74, 6) is -1.22. The van der Waals surface area contributed by atoms with Gasteiger partial charge < -0.3 is 5.11 Å². The molecule has 0 amide bonds. The van der Waals surface area contributed by atoms with Gasteiger partial charge >= 0.3 is 5.97 Å². The number of nitrogens with zero attached hydrogens (tertiary/aromatic N) is 1. The highest BCUT2D eigenvalue weighted by Crippen LogP contribution is 2.25. The molecule has 0 aliphatic heterocycles. The van der Waals surface area contributed by atoms with Crippen molar-refractivity contribution in [2.45, 2.75) is 6.92 Å². The molecule has 1 aromatic heterocycles. The summed E-state index contributed by atoms with van der Waals surface area (Å²) in [6.07, 6.45) is 1.43. The Labute approximate surface area is 126 Å². The van der Waals surface area contributed by atoms with E-state index in [1.54, 1.807) is 24.3 Å². The Bertz CT molecular complexity index is 780. The van der Waals surface area contributed by atoms with Crippen LogP contribution in [0.1, 0.15) is 21.6 Å². The number of carbonyl (C=O) groups is 1. The maximum Gasteiger partial charge on any atom is 0.340 e. The molecule has 0 saturated heterocycles. The Morgan fingerprint density at radius 3 is 2.62 bits per heavy atom. The SMILES string of the molecule is Cc1nsc(NS(=O)(=O)/C=C/c2ccccc2)c1C(=O)O. The summed E-state index contributed by atoms with van der Waals surface area (Å²) in [7, 11) is -3.80. The van der Waals surface area contributed by atoms with Crippen molar-refractivity contribution in [2.24, 2.45) is 0 Å². The zero-order valence-corrected chi connectivity index (χ0v) is 12.6. The van der Waals surface area contributed by atoms with E-state index in [9.17, 15) is 13.2 Å². The molecular formula is C13H12N2O4S2. The zero-order valence-electron chi connectivity index (χ0n) is 11.0. The summed E-state index contributed by atoms with van der Waals surface area (Å²) < 4.78 is 30.0. The van der Waals surface area contributed by atoms with Gasteiger partial charge in [0.05, 0.1) is 11.1 Å². The maximum absolute atomic E-state index is 11.9. The third-order valence-corrected chi connectivity index (χ3v) is 4.52. The molecule has 1 aromatic carbocycles. The van der Waals surface area contributed by atoms with E-state index in [0.717, 1.165) is 22.5 Å². The van der Waals surface area contributed by atoms with Crippen LogP contribution in [0.25, 0.3) is 6.08 Å². The van der Waals surface area contributed by atoms with Crippen LogP contribution in [-0.4, -0.2) is 23.9 Å². The molecule has 0 spiro atoms. The van der Waals surface area contributed by atoms with E-state index in [-0.39, 0.29) is 16.3 Å². The van der Waals surface area contributed by atoms with E-state index in [4.69, 9.17) is 5.11 Å². The van der Waals surface area contributed by atoms with Crippen molar-refractivity contribution in [3.8, 4) is 0 Å². The summed E-state index contributed by atoms with van der Waals surface area (Å²) in [5, 5.41) is 10.0. The lowest BCUT2D eigenvalue weighted by atomic mass is 10.2. The number of aromatic nitrogens is 1. The second-order valence-electron chi connectivity index (χ2n) is 4.14. The first-order valence-electron chi connectivity index (χ1n) is 5.84. The van der Waals surface area contributed by atoms with Crippen molar-refractivity contribution in [1.29, 1.82) is 0 Å². The predicted octanol–water partition coefficient (Wildman–Crippen LogP) is 2.56. The number of hydrogen-bond acceptors (Lipinski definition) is 5. The Morgan fingerprint density at radius 2 is 2.00 bits per heavy atom. The second-order valence-corrected chi connectivity index (χ2v) is 6.48. The number of nitrogens with one attached hydrogen (secondary N) is 1. The lowest BCUT2D eigenvalue weighted by Gasteiger charge is -2.02. The van der Waals surface area contributed by atoms with Crippen LogP contribution in [-0.2, 0) is 10.0 Å². The number of hydrogen-bond donors (Lipinski definition) is 2. The molecular weight excluding hydrogens is 312 g/mol. The van der Waals surface area contributed by atoms with E-state index in [1.807, 2.05) is 6.07 Å². The zero-order chi connectivity index (χ0) is 15.5. The van der Waals surface area contributed by atoms with E-state index in [1.165, 1.54) is 13.0 Å². The first kappa shape index (κ1) is 15.2. The van der Waals surface area contributed by atoms with Gasteiger partial charge in [-0.05, 0) is 30.1 Å². The molecule has 6 nitrogen and oxygen atoms in total. The van der Waals surface area contributed by atoms with E-state index < -0.39 is 16.0 Å². The standard InChI is InChI=1S/C13H12N2O4S2/c1-9-11(13(16)17)12(20-14-9)15-21(18,19)8-7-10-5-3-2-4-6-10/h2-8,15H,1H3,(H,16,17)/b8-7+. The quantitative estimate of drug-likeness (QED) is 0.881. The molecule has 0 bridgehead atoms. The summed E-state index contributed by atoms with van der Waals surface area (Å²) in [5.41, 5.74) is 0.871. The molecule has 0 unspecified atom stereocenters. The third kappa shape index (κ3) is 3.89. The number of carboxylic acid groups (broad SMARTS) is 1. The Hall–Kier alpha value is -2.19. The van der Waals surface area contributed by atoms with Gasteiger partial charge in [-0.2, -0.15) is 4.37 Å². The molecule has 8 heteroatoms. The highest BCUT2D eigenvalue weighted by atomic mass is 32.2. The lowest BCUT2D eigenvalue weighted by Crippen LogP contribution is -2.11. The number of benzene rings is 1. The first-order valence-corrected chi connectivity index (χ1v) is 8.16. The molecule has 0 fully saturated rings. The molecule has 0 aliphatic rings. The van der Waals surface area contributed by atoms with E-state index >= 15 is 0 Å². The minimum Gasteiger partial charge on any atom is -0.478 e. The second kappa shape index (κ2) is 6.06. The van der Waals surface area contributed by atoms with Gasteiger partial charge in [-0.3, -0.25) is 4.72 Å². The summed E-state index contributed by atoms with van der Waals surface area (Å²) in [4.78, 5) is 11.1. The van der Waals surface area contributed by atoms with Crippen molar-refractivity contribution < 1.29 is 18.3 Å². The fourth-order valence-electron chi connectivity index (χ4n) is 1.59. The minimum absolute atomic E-state index is 0.00212. The monoisotopic (exact) mass is 324 g/mol. The topological polar surface area (TPSA) is 96.4 Å². The normalized spacial score (nSPS) is 11.7. The average molecular weight is 324 g/mol. The van der Waals surface area contributed by atoms with Gasteiger partial charge in [0, 0.05) is 0 Å².